The van der Waals surface area contributed by atoms with Crippen molar-refractivity contribution in [3.63, 3.8) is 0 Å². The first-order valence-corrected chi connectivity index (χ1v) is 6.35. The summed E-state index contributed by atoms with van der Waals surface area (Å²) in [6, 6.07) is 7.65. The van der Waals surface area contributed by atoms with Crippen molar-refractivity contribution < 1.29 is 0 Å². The summed E-state index contributed by atoms with van der Waals surface area (Å²) in [5, 5.41) is 8.26. The van der Waals surface area contributed by atoms with Crippen molar-refractivity contribution in [2.45, 2.75) is 5.79 Å². The van der Waals surface area contributed by atoms with Gasteiger partial charge in [-0.25, -0.2) is 15.0 Å². The van der Waals surface area contributed by atoms with E-state index in [9.17, 15) is 0 Å². The lowest BCUT2D eigenvalue weighted by Gasteiger charge is -2.16. The number of azo groups is 1. The van der Waals surface area contributed by atoms with Crippen molar-refractivity contribution in [1.29, 1.82) is 0 Å². The van der Waals surface area contributed by atoms with Crippen LogP contribution < -0.4 is 0 Å². The summed E-state index contributed by atoms with van der Waals surface area (Å²) < 4.78 is 0.986. The molecule has 0 amide bonds. The smallest absolute Gasteiger partial charge is 0.290 e. The maximum absolute atomic E-state index is 4.30. The van der Waals surface area contributed by atoms with Gasteiger partial charge in [0.2, 0.25) is 5.95 Å². The summed E-state index contributed by atoms with van der Waals surface area (Å²) in [5.74, 6) is -0.609. The Morgan fingerprint density at radius 3 is 2.47 bits per heavy atom. The van der Waals surface area contributed by atoms with E-state index in [2.05, 4.69) is 46.1 Å². The third kappa shape index (κ3) is 2.37. The van der Waals surface area contributed by atoms with E-state index in [4.69, 9.17) is 0 Å². The largest absolute Gasteiger partial charge is 0.328 e. The van der Waals surface area contributed by atoms with Crippen LogP contribution in [0.4, 0.5) is 5.95 Å². The van der Waals surface area contributed by atoms with Crippen LogP contribution in [0.2, 0.25) is 0 Å². The standard InChI is InChI=1S/C12H9BrN6/c13-10-3-1-9(2-4-10)12(16-7-8-17-12)19-18-11-14-5-6-15-11/h1-8H,(H,14,15). The van der Waals surface area contributed by atoms with Crippen LogP contribution in [0.25, 0.3) is 0 Å². The topological polar surface area (TPSA) is 78.1 Å². The number of aliphatic imine (C=N–C) groups is 2. The normalized spacial score (nSPS) is 16.5. The summed E-state index contributed by atoms with van der Waals surface area (Å²) in [6.07, 6.45) is 6.52. The lowest BCUT2D eigenvalue weighted by molar-refractivity contribution is 0.485. The number of imidazole rings is 1. The van der Waals surface area contributed by atoms with Crippen molar-refractivity contribution in [3.8, 4) is 0 Å². The number of halogens is 1. The van der Waals surface area contributed by atoms with Crippen LogP contribution >= 0.6 is 15.9 Å². The molecule has 1 aromatic heterocycles. The van der Waals surface area contributed by atoms with Crippen LogP contribution in [0, 0.1) is 0 Å². The van der Waals surface area contributed by atoms with Crippen LogP contribution in [0.15, 0.2) is 61.3 Å². The van der Waals surface area contributed by atoms with E-state index in [1.807, 2.05) is 24.3 Å². The van der Waals surface area contributed by atoms with Gasteiger partial charge in [0.25, 0.3) is 5.79 Å². The molecule has 94 valence electrons. The van der Waals surface area contributed by atoms with E-state index in [1.165, 1.54) is 0 Å². The number of hydrogen-bond donors (Lipinski definition) is 1. The van der Waals surface area contributed by atoms with Crippen LogP contribution in [-0.4, -0.2) is 22.4 Å². The molecular weight excluding hydrogens is 308 g/mol. The Bertz CT molecular complexity index is 629. The van der Waals surface area contributed by atoms with Gasteiger partial charge in [-0.3, -0.25) is 0 Å². The second-order valence-corrected chi connectivity index (χ2v) is 4.73. The molecule has 0 saturated heterocycles. The first kappa shape index (κ1) is 11.9. The van der Waals surface area contributed by atoms with Gasteiger partial charge in [0.05, 0.1) is 0 Å². The number of H-pyrrole nitrogens is 1. The molecule has 1 aromatic carbocycles. The van der Waals surface area contributed by atoms with Crippen molar-refractivity contribution in [2.75, 3.05) is 0 Å². The molecule has 0 unspecified atom stereocenters. The highest BCUT2D eigenvalue weighted by Gasteiger charge is 2.32. The summed E-state index contributed by atoms with van der Waals surface area (Å²) >= 11 is 3.40. The number of nitrogens with zero attached hydrogens (tertiary/aromatic N) is 5. The Morgan fingerprint density at radius 1 is 1.11 bits per heavy atom. The molecule has 1 aliphatic heterocycles. The van der Waals surface area contributed by atoms with Gasteiger partial charge in [-0.15, -0.1) is 10.2 Å². The lowest BCUT2D eigenvalue weighted by atomic mass is 10.1. The molecule has 2 heterocycles. The highest BCUT2D eigenvalue weighted by Crippen LogP contribution is 2.32. The summed E-state index contributed by atoms with van der Waals surface area (Å²) in [4.78, 5) is 15.4. The highest BCUT2D eigenvalue weighted by molar-refractivity contribution is 9.10. The molecular formula is C12H9BrN6. The van der Waals surface area contributed by atoms with Crippen LogP contribution in [0.5, 0.6) is 0 Å². The van der Waals surface area contributed by atoms with Crippen molar-refractivity contribution in [1.82, 2.24) is 9.97 Å². The van der Waals surface area contributed by atoms with Crippen LogP contribution in [-0.2, 0) is 5.79 Å². The zero-order valence-electron chi connectivity index (χ0n) is 9.73. The minimum Gasteiger partial charge on any atom is -0.328 e. The number of aromatic amines is 1. The van der Waals surface area contributed by atoms with E-state index in [1.54, 1.807) is 24.8 Å². The van der Waals surface area contributed by atoms with Crippen molar-refractivity contribution in [2.24, 2.45) is 20.2 Å². The Hall–Kier alpha value is -2.15. The summed E-state index contributed by atoms with van der Waals surface area (Å²) in [6.45, 7) is 0. The van der Waals surface area contributed by atoms with E-state index in [0.717, 1.165) is 10.0 Å². The Balaban J connectivity index is 1.98. The molecule has 0 aliphatic carbocycles. The Labute approximate surface area is 117 Å². The summed E-state index contributed by atoms with van der Waals surface area (Å²) in [5.41, 5.74) is 0.844. The van der Waals surface area contributed by atoms with Crippen LogP contribution in [0.1, 0.15) is 5.56 Å². The third-order valence-corrected chi connectivity index (χ3v) is 3.10. The molecule has 0 spiro atoms. The van der Waals surface area contributed by atoms with E-state index < -0.39 is 5.79 Å². The average molecular weight is 317 g/mol. The monoisotopic (exact) mass is 316 g/mol. The van der Waals surface area contributed by atoms with E-state index in [-0.39, 0.29) is 0 Å². The SMILES string of the molecule is Brc1ccc(C2(N=Nc3ncc[nH]3)N=CC=N2)cc1. The molecule has 0 bridgehead atoms. The van der Waals surface area contributed by atoms with Gasteiger partial charge in [-0.1, -0.05) is 28.1 Å². The maximum atomic E-state index is 4.30. The molecule has 1 aliphatic rings. The van der Waals surface area contributed by atoms with Crippen LogP contribution in [0.3, 0.4) is 0 Å². The highest BCUT2D eigenvalue weighted by atomic mass is 79.9. The third-order valence-electron chi connectivity index (χ3n) is 2.58. The molecule has 6 nitrogen and oxygen atoms in total. The molecule has 2 aromatic rings. The number of nitrogens with one attached hydrogen (secondary N) is 1. The van der Waals surface area contributed by atoms with Gasteiger partial charge in [-0.2, -0.15) is 0 Å². The second-order valence-electron chi connectivity index (χ2n) is 3.81. The zero-order chi connectivity index (χ0) is 13.1. The molecule has 1 N–H and O–H groups in total. The predicted molar refractivity (Wildman–Crippen MR) is 75.9 cm³/mol. The fourth-order valence-electron chi connectivity index (χ4n) is 1.67. The van der Waals surface area contributed by atoms with Gasteiger partial charge in [-0.05, 0) is 12.1 Å². The molecule has 19 heavy (non-hydrogen) atoms. The van der Waals surface area contributed by atoms with Gasteiger partial charge < -0.3 is 4.98 Å². The molecule has 7 heteroatoms. The Kier molecular flexibility index (Phi) is 3.04. The molecule has 0 fully saturated rings. The van der Waals surface area contributed by atoms with Crippen molar-refractivity contribution >= 4 is 34.3 Å². The number of benzene rings is 1. The second kappa shape index (κ2) is 4.85. The Morgan fingerprint density at radius 2 is 1.84 bits per heavy atom. The van der Waals surface area contributed by atoms with Gasteiger partial charge in [0.15, 0.2) is 0 Å². The average Bonchev–Trinajstić information content (AvgIpc) is 3.09. The van der Waals surface area contributed by atoms with E-state index >= 15 is 0 Å². The zero-order valence-corrected chi connectivity index (χ0v) is 11.3. The quantitative estimate of drug-likeness (QED) is 0.867. The van der Waals surface area contributed by atoms with Gasteiger partial charge in [0.1, 0.15) is 0 Å². The fourth-order valence-corrected chi connectivity index (χ4v) is 1.93. The van der Waals surface area contributed by atoms with Gasteiger partial charge in [0, 0.05) is 34.9 Å². The fraction of sp³-hybridized carbons (Fsp3) is 0.0833. The summed E-state index contributed by atoms with van der Waals surface area (Å²) in [7, 11) is 0. The predicted octanol–water partition coefficient (Wildman–Crippen LogP) is 3.22. The number of hydrogen-bond acceptors (Lipinski definition) is 5. The molecule has 0 radical (unpaired) electrons. The number of rotatable bonds is 3. The first-order valence-electron chi connectivity index (χ1n) is 5.56. The minimum absolute atomic E-state index is 0.425. The number of aromatic nitrogens is 2. The first-order chi connectivity index (χ1) is 9.28. The minimum atomic E-state index is -1.03. The van der Waals surface area contributed by atoms with E-state index in [0.29, 0.717) is 5.95 Å². The molecule has 0 saturated carbocycles. The van der Waals surface area contributed by atoms with Gasteiger partial charge >= 0.3 is 0 Å². The van der Waals surface area contributed by atoms with Crippen molar-refractivity contribution in [3.05, 3.63) is 46.7 Å². The molecule has 0 atom stereocenters. The molecule has 3 rings (SSSR count). The lowest BCUT2D eigenvalue weighted by Crippen LogP contribution is -2.14. The maximum Gasteiger partial charge on any atom is 0.290 e.